The molecule has 20 heavy (non-hydrogen) atoms. The SMILES string of the molecule is COC(=O)c1cc(Cl)cc(Cl)c1NCC(C)(O)C(=O)O. The molecule has 1 unspecified atom stereocenters. The fourth-order valence-electron chi connectivity index (χ4n) is 1.36. The van der Waals surface area contributed by atoms with Gasteiger partial charge in [-0.25, -0.2) is 9.59 Å². The van der Waals surface area contributed by atoms with E-state index < -0.39 is 17.5 Å². The first-order chi connectivity index (χ1) is 9.19. The third kappa shape index (κ3) is 3.75. The summed E-state index contributed by atoms with van der Waals surface area (Å²) >= 11 is 11.8. The Bertz CT molecular complexity index is 545. The zero-order chi connectivity index (χ0) is 15.5. The minimum absolute atomic E-state index is 0.0474. The highest BCUT2D eigenvalue weighted by Crippen LogP contribution is 2.31. The van der Waals surface area contributed by atoms with Gasteiger partial charge in [-0.05, 0) is 19.1 Å². The normalized spacial score (nSPS) is 13.4. The number of anilines is 1. The van der Waals surface area contributed by atoms with E-state index in [9.17, 15) is 14.7 Å². The topological polar surface area (TPSA) is 95.9 Å². The number of carbonyl (C=O) groups is 2. The summed E-state index contributed by atoms with van der Waals surface area (Å²) in [4.78, 5) is 22.5. The molecule has 0 spiro atoms. The number of halogens is 2. The van der Waals surface area contributed by atoms with Crippen LogP contribution in [-0.2, 0) is 9.53 Å². The van der Waals surface area contributed by atoms with E-state index in [2.05, 4.69) is 10.1 Å². The lowest BCUT2D eigenvalue weighted by Crippen LogP contribution is -2.42. The first-order valence-electron chi connectivity index (χ1n) is 5.46. The van der Waals surface area contributed by atoms with Gasteiger partial charge in [0.15, 0.2) is 5.60 Å². The summed E-state index contributed by atoms with van der Waals surface area (Å²) in [7, 11) is 1.19. The first-order valence-corrected chi connectivity index (χ1v) is 6.21. The lowest BCUT2D eigenvalue weighted by Gasteiger charge is -2.21. The lowest BCUT2D eigenvalue weighted by molar-refractivity contribution is -0.155. The summed E-state index contributed by atoms with van der Waals surface area (Å²) in [6.45, 7) is 0.762. The van der Waals surface area contributed by atoms with Crippen LogP contribution >= 0.6 is 23.2 Å². The van der Waals surface area contributed by atoms with Gasteiger partial charge in [0.05, 0.1) is 29.9 Å². The van der Waals surface area contributed by atoms with Crippen LogP contribution in [0.15, 0.2) is 12.1 Å². The van der Waals surface area contributed by atoms with Gasteiger partial charge in [0.2, 0.25) is 0 Å². The Balaban J connectivity index is 3.11. The first kappa shape index (κ1) is 16.6. The van der Waals surface area contributed by atoms with Crippen LogP contribution in [0.1, 0.15) is 17.3 Å². The highest BCUT2D eigenvalue weighted by molar-refractivity contribution is 6.37. The number of esters is 1. The number of methoxy groups -OCH3 is 1. The number of ether oxygens (including phenoxy) is 1. The molecule has 1 atom stereocenters. The van der Waals surface area contributed by atoms with E-state index in [0.717, 1.165) is 6.92 Å². The van der Waals surface area contributed by atoms with Crippen LogP contribution in [0.25, 0.3) is 0 Å². The average molecular weight is 322 g/mol. The van der Waals surface area contributed by atoms with Gasteiger partial charge < -0.3 is 20.3 Å². The van der Waals surface area contributed by atoms with E-state index >= 15 is 0 Å². The molecule has 0 aliphatic carbocycles. The molecule has 8 heteroatoms. The van der Waals surface area contributed by atoms with Crippen LogP contribution in [0.3, 0.4) is 0 Å². The maximum absolute atomic E-state index is 11.6. The van der Waals surface area contributed by atoms with E-state index in [0.29, 0.717) is 0 Å². The third-order valence-corrected chi connectivity index (χ3v) is 3.05. The number of nitrogens with one attached hydrogen (secondary N) is 1. The van der Waals surface area contributed by atoms with Crippen LogP contribution in [-0.4, -0.2) is 41.4 Å². The summed E-state index contributed by atoms with van der Waals surface area (Å²) in [6, 6.07) is 2.71. The summed E-state index contributed by atoms with van der Waals surface area (Å²) in [5.41, 5.74) is -1.83. The molecular weight excluding hydrogens is 309 g/mol. The summed E-state index contributed by atoms with van der Waals surface area (Å²) in [6.07, 6.45) is 0. The molecule has 110 valence electrons. The van der Waals surface area contributed by atoms with Crippen molar-refractivity contribution in [3.05, 3.63) is 27.7 Å². The standard InChI is InChI=1S/C12H13Cl2NO5/c1-12(19,11(17)18)5-15-9-7(10(16)20-2)3-6(13)4-8(9)14/h3-4,15,19H,5H2,1-2H3,(H,17,18). The average Bonchev–Trinajstić information content (AvgIpc) is 2.35. The van der Waals surface area contributed by atoms with Crippen molar-refractivity contribution in [2.45, 2.75) is 12.5 Å². The van der Waals surface area contributed by atoms with E-state index in [4.69, 9.17) is 28.3 Å². The fourth-order valence-corrected chi connectivity index (χ4v) is 1.92. The smallest absolute Gasteiger partial charge is 0.340 e. The highest BCUT2D eigenvalue weighted by atomic mass is 35.5. The molecule has 0 amide bonds. The summed E-state index contributed by atoms with van der Waals surface area (Å²) in [5.74, 6) is -2.10. The summed E-state index contributed by atoms with van der Waals surface area (Å²) < 4.78 is 4.59. The lowest BCUT2D eigenvalue weighted by atomic mass is 10.1. The fraction of sp³-hybridized carbons (Fsp3) is 0.333. The van der Waals surface area contributed by atoms with Crippen molar-refractivity contribution in [2.24, 2.45) is 0 Å². The summed E-state index contributed by atoms with van der Waals surface area (Å²) in [5, 5.41) is 21.4. The molecule has 0 aromatic heterocycles. The molecule has 0 saturated carbocycles. The number of carbonyl (C=O) groups excluding carboxylic acids is 1. The van der Waals surface area contributed by atoms with Crippen LogP contribution < -0.4 is 5.32 Å². The number of aliphatic hydroxyl groups is 1. The minimum atomic E-state index is -2.02. The van der Waals surface area contributed by atoms with E-state index in [1.165, 1.54) is 19.2 Å². The van der Waals surface area contributed by atoms with Crippen molar-refractivity contribution < 1.29 is 24.5 Å². The highest BCUT2D eigenvalue weighted by Gasteiger charge is 2.30. The molecule has 0 bridgehead atoms. The molecule has 0 aliphatic rings. The number of rotatable bonds is 5. The maximum atomic E-state index is 11.6. The number of carboxylic acid groups (broad SMARTS) is 1. The Morgan fingerprint density at radius 3 is 2.50 bits per heavy atom. The molecule has 0 aliphatic heterocycles. The second-order valence-corrected chi connectivity index (χ2v) is 5.08. The van der Waals surface area contributed by atoms with Gasteiger partial charge in [0, 0.05) is 5.02 Å². The number of hydrogen-bond donors (Lipinski definition) is 3. The largest absolute Gasteiger partial charge is 0.479 e. The predicted molar refractivity (Wildman–Crippen MR) is 74.6 cm³/mol. The van der Waals surface area contributed by atoms with Crippen molar-refractivity contribution in [1.29, 1.82) is 0 Å². The predicted octanol–water partition coefficient (Wildman–Crippen LogP) is 2.03. The number of benzene rings is 1. The monoisotopic (exact) mass is 321 g/mol. The van der Waals surface area contributed by atoms with Gasteiger partial charge in [0.25, 0.3) is 0 Å². The van der Waals surface area contributed by atoms with Crippen LogP contribution in [0.2, 0.25) is 10.0 Å². The third-order valence-electron chi connectivity index (χ3n) is 2.53. The molecule has 1 aromatic carbocycles. The van der Waals surface area contributed by atoms with Gasteiger partial charge in [-0.15, -0.1) is 0 Å². The second kappa shape index (κ2) is 6.30. The quantitative estimate of drug-likeness (QED) is 0.718. The minimum Gasteiger partial charge on any atom is -0.479 e. The van der Waals surface area contributed by atoms with Gasteiger partial charge in [-0.3, -0.25) is 0 Å². The van der Waals surface area contributed by atoms with E-state index in [-0.39, 0.29) is 27.8 Å². The Morgan fingerprint density at radius 2 is 2.00 bits per heavy atom. The van der Waals surface area contributed by atoms with Crippen molar-refractivity contribution in [2.75, 3.05) is 19.0 Å². The van der Waals surface area contributed by atoms with E-state index in [1.54, 1.807) is 0 Å². The van der Waals surface area contributed by atoms with Crippen molar-refractivity contribution in [1.82, 2.24) is 0 Å². The Labute approximate surface area is 125 Å². The van der Waals surface area contributed by atoms with Gasteiger partial charge in [-0.1, -0.05) is 23.2 Å². The molecule has 3 N–H and O–H groups in total. The number of carboxylic acids is 1. The molecule has 0 heterocycles. The Morgan fingerprint density at radius 1 is 1.40 bits per heavy atom. The molecule has 0 saturated heterocycles. The van der Waals surface area contributed by atoms with Crippen LogP contribution in [0.5, 0.6) is 0 Å². The molecule has 0 fully saturated rings. The zero-order valence-corrected chi connectivity index (χ0v) is 12.2. The molecule has 6 nitrogen and oxygen atoms in total. The maximum Gasteiger partial charge on any atom is 0.340 e. The zero-order valence-electron chi connectivity index (χ0n) is 10.7. The van der Waals surface area contributed by atoms with Crippen molar-refractivity contribution in [3.63, 3.8) is 0 Å². The molecule has 1 aromatic rings. The Kier molecular flexibility index (Phi) is 5.21. The van der Waals surface area contributed by atoms with Crippen LogP contribution in [0, 0.1) is 0 Å². The molecule has 1 rings (SSSR count). The van der Waals surface area contributed by atoms with Crippen molar-refractivity contribution in [3.8, 4) is 0 Å². The molecular formula is C12H13Cl2NO5. The second-order valence-electron chi connectivity index (χ2n) is 4.23. The molecule has 0 radical (unpaired) electrons. The van der Waals surface area contributed by atoms with Gasteiger partial charge >= 0.3 is 11.9 Å². The number of aliphatic carboxylic acids is 1. The number of hydrogen-bond acceptors (Lipinski definition) is 5. The van der Waals surface area contributed by atoms with Gasteiger partial charge in [-0.2, -0.15) is 0 Å². The Hall–Kier alpha value is -1.50. The van der Waals surface area contributed by atoms with E-state index in [1.807, 2.05) is 0 Å². The van der Waals surface area contributed by atoms with Gasteiger partial charge in [0.1, 0.15) is 0 Å². The van der Waals surface area contributed by atoms with Crippen molar-refractivity contribution >= 4 is 40.8 Å². The van der Waals surface area contributed by atoms with Crippen LogP contribution in [0.4, 0.5) is 5.69 Å².